The highest BCUT2D eigenvalue weighted by Crippen LogP contribution is 2.24. The summed E-state index contributed by atoms with van der Waals surface area (Å²) >= 11 is 1.50. The standard InChI is InChI=1S/C15H18N2O2S/c1-10(2)11-4-3-5-12(8-11)16-15-17-13(9-20-15)6-7-14(18)19/h3-5,8-10H,6-7H2,1-2H3,(H,16,17)(H,18,19). The summed E-state index contributed by atoms with van der Waals surface area (Å²) in [5, 5.41) is 14.6. The molecular weight excluding hydrogens is 272 g/mol. The number of benzene rings is 1. The maximum absolute atomic E-state index is 10.5. The van der Waals surface area contributed by atoms with Crippen LogP contribution in [-0.4, -0.2) is 16.1 Å². The molecule has 4 nitrogen and oxygen atoms in total. The number of carboxylic acid groups (broad SMARTS) is 1. The van der Waals surface area contributed by atoms with Gasteiger partial charge in [-0.2, -0.15) is 0 Å². The van der Waals surface area contributed by atoms with Gasteiger partial charge in [-0.05, 0) is 23.6 Å². The van der Waals surface area contributed by atoms with Crippen molar-refractivity contribution < 1.29 is 9.90 Å². The second kappa shape index (κ2) is 6.52. The Balaban J connectivity index is 2.03. The fourth-order valence-electron chi connectivity index (χ4n) is 1.81. The lowest BCUT2D eigenvalue weighted by atomic mass is 10.0. The summed E-state index contributed by atoms with van der Waals surface area (Å²) in [5.41, 5.74) is 3.10. The second-order valence-corrected chi connectivity index (χ2v) is 5.80. The lowest BCUT2D eigenvalue weighted by Crippen LogP contribution is -1.98. The predicted octanol–water partition coefficient (Wildman–Crippen LogP) is 4.03. The first kappa shape index (κ1) is 14.5. The molecule has 1 aromatic carbocycles. The van der Waals surface area contributed by atoms with Crippen LogP contribution < -0.4 is 5.32 Å². The molecule has 0 aliphatic rings. The maximum Gasteiger partial charge on any atom is 0.303 e. The SMILES string of the molecule is CC(C)c1cccc(Nc2nc(CCC(=O)O)cs2)c1. The number of carbonyl (C=O) groups is 1. The monoisotopic (exact) mass is 290 g/mol. The minimum Gasteiger partial charge on any atom is -0.481 e. The number of aromatic nitrogens is 1. The molecule has 0 saturated heterocycles. The van der Waals surface area contributed by atoms with Crippen LogP contribution in [0.2, 0.25) is 0 Å². The van der Waals surface area contributed by atoms with Crippen molar-refractivity contribution >= 4 is 28.1 Å². The van der Waals surface area contributed by atoms with E-state index in [2.05, 4.69) is 36.3 Å². The minimum absolute atomic E-state index is 0.117. The van der Waals surface area contributed by atoms with Gasteiger partial charge in [0, 0.05) is 17.5 Å². The van der Waals surface area contributed by atoms with Gasteiger partial charge in [-0.1, -0.05) is 26.0 Å². The highest BCUT2D eigenvalue weighted by molar-refractivity contribution is 7.13. The molecule has 5 heteroatoms. The molecule has 0 bridgehead atoms. The molecule has 0 atom stereocenters. The highest BCUT2D eigenvalue weighted by Gasteiger charge is 2.06. The number of thiazole rings is 1. The largest absolute Gasteiger partial charge is 0.481 e. The fraction of sp³-hybridized carbons (Fsp3) is 0.333. The van der Waals surface area contributed by atoms with Crippen LogP contribution in [0.15, 0.2) is 29.6 Å². The van der Waals surface area contributed by atoms with E-state index < -0.39 is 5.97 Å². The maximum atomic E-state index is 10.5. The van der Waals surface area contributed by atoms with Crippen molar-refractivity contribution in [2.75, 3.05) is 5.32 Å². The quantitative estimate of drug-likeness (QED) is 0.843. The molecule has 2 aromatic rings. The fourth-order valence-corrected chi connectivity index (χ4v) is 2.58. The normalized spacial score (nSPS) is 10.8. The molecule has 2 rings (SSSR count). The van der Waals surface area contributed by atoms with E-state index in [1.54, 1.807) is 0 Å². The van der Waals surface area contributed by atoms with Crippen molar-refractivity contribution in [1.82, 2.24) is 4.98 Å². The van der Waals surface area contributed by atoms with Crippen molar-refractivity contribution in [3.05, 3.63) is 40.9 Å². The average molecular weight is 290 g/mol. The van der Waals surface area contributed by atoms with E-state index in [9.17, 15) is 4.79 Å². The summed E-state index contributed by atoms with van der Waals surface area (Å²) in [4.78, 5) is 14.9. The van der Waals surface area contributed by atoms with Gasteiger partial charge in [-0.3, -0.25) is 4.79 Å². The first-order valence-corrected chi connectivity index (χ1v) is 7.45. The van der Waals surface area contributed by atoms with Gasteiger partial charge in [0.25, 0.3) is 0 Å². The van der Waals surface area contributed by atoms with E-state index in [4.69, 9.17) is 5.11 Å². The van der Waals surface area contributed by atoms with E-state index in [0.29, 0.717) is 12.3 Å². The summed E-state index contributed by atoms with van der Waals surface area (Å²) < 4.78 is 0. The zero-order valence-electron chi connectivity index (χ0n) is 11.6. The van der Waals surface area contributed by atoms with Crippen molar-refractivity contribution in [3.63, 3.8) is 0 Å². The summed E-state index contributed by atoms with van der Waals surface area (Å²) in [6.45, 7) is 4.32. The highest BCUT2D eigenvalue weighted by atomic mass is 32.1. The Morgan fingerprint density at radius 3 is 2.95 bits per heavy atom. The van der Waals surface area contributed by atoms with Crippen LogP contribution in [0.1, 0.15) is 37.4 Å². The van der Waals surface area contributed by atoms with E-state index in [-0.39, 0.29) is 6.42 Å². The van der Waals surface area contributed by atoms with Crippen LogP contribution in [0.3, 0.4) is 0 Å². The zero-order valence-corrected chi connectivity index (χ0v) is 12.4. The van der Waals surface area contributed by atoms with Gasteiger partial charge in [0.15, 0.2) is 5.13 Å². The van der Waals surface area contributed by atoms with E-state index in [0.717, 1.165) is 16.5 Å². The van der Waals surface area contributed by atoms with E-state index in [1.165, 1.54) is 16.9 Å². The number of aryl methyl sites for hydroxylation is 1. The number of hydrogen-bond acceptors (Lipinski definition) is 4. The first-order valence-electron chi connectivity index (χ1n) is 6.58. The molecule has 1 heterocycles. The molecule has 0 unspecified atom stereocenters. The number of nitrogens with zero attached hydrogens (tertiary/aromatic N) is 1. The Morgan fingerprint density at radius 2 is 2.25 bits per heavy atom. The van der Waals surface area contributed by atoms with E-state index >= 15 is 0 Å². The third-order valence-corrected chi connectivity index (χ3v) is 3.76. The first-order chi connectivity index (χ1) is 9.54. The van der Waals surface area contributed by atoms with Crippen LogP contribution in [0.5, 0.6) is 0 Å². The topological polar surface area (TPSA) is 62.2 Å². The predicted molar refractivity (Wildman–Crippen MR) is 81.9 cm³/mol. The summed E-state index contributed by atoms with van der Waals surface area (Å²) in [7, 11) is 0. The van der Waals surface area contributed by atoms with Crippen molar-refractivity contribution in [2.45, 2.75) is 32.6 Å². The molecule has 0 amide bonds. The van der Waals surface area contributed by atoms with Crippen molar-refractivity contribution in [2.24, 2.45) is 0 Å². The smallest absolute Gasteiger partial charge is 0.303 e. The Hall–Kier alpha value is -1.88. The lowest BCUT2D eigenvalue weighted by molar-refractivity contribution is -0.136. The molecule has 0 aliphatic carbocycles. The molecule has 0 fully saturated rings. The number of anilines is 2. The van der Waals surface area contributed by atoms with Crippen LogP contribution >= 0.6 is 11.3 Å². The van der Waals surface area contributed by atoms with Gasteiger partial charge in [-0.25, -0.2) is 4.98 Å². The molecule has 20 heavy (non-hydrogen) atoms. The zero-order chi connectivity index (χ0) is 14.5. The van der Waals surface area contributed by atoms with Crippen LogP contribution in [0, 0.1) is 0 Å². The Kier molecular flexibility index (Phi) is 4.74. The lowest BCUT2D eigenvalue weighted by Gasteiger charge is -2.08. The third-order valence-electron chi connectivity index (χ3n) is 2.95. The van der Waals surface area contributed by atoms with Gasteiger partial charge in [-0.15, -0.1) is 11.3 Å². The van der Waals surface area contributed by atoms with Gasteiger partial charge in [0.05, 0.1) is 12.1 Å². The summed E-state index contributed by atoms with van der Waals surface area (Å²) in [5.74, 6) is -0.309. The Labute approximate surface area is 122 Å². The van der Waals surface area contributed by atoms with Crippen LogP contribution in [0.4, 0.5) is 10.8 Å². The summed E-state index contributed by atoms with van der Waals surface area (Å²) in [6.07, 6.45) is 0.589. The average Bonchev–Trinajstić information content (AvgIpc) is 2.84. The summed E-state index contributed by atoms with van der Waals surface area (Å²) in [6, 6.07) is 8.25. The third kappa shape index (κ3) is 4.06. The van der Waals surface area contributed by atoms with Crippen molar-refractivity contribution in [1.29, 1.82) is 0 Å². The van der Waals surface area contributed by atoms with Gasteiger partial charge >= 0.3 is 5.97 Å². The Morgan fingerprint density at radius 1 is 1.45 bits per heavy atom. The molecule has 0 spiro atoms. The molecule has 0 saturated carbocycles. The number of rotatable bonds is 6. The van der Waals surface area contributed by atoms with Gasteiger partial charge in [0.2, 0.25) is 0 Å². The number of nitrogens with one attached hydrogen (secondary N) is 1. The van der Waals surface area contributed by atoms with Crippen LogP contribution in [-0.2, 0) is 11.2 Å². The van der Waals surface area contributed by atoms with E-state index in [1.807, 2.05) is 17.5 Å². The second-order valence-electron chi connectivity index (χ2n) is 4.94. The molecule has 1 aromatic heterocycles. The molecule has 0 radical (unpaired) electrons. The van der Waals surface area contributed by atoms with Crippen LogP contribution in [0.25, 0.3) is 0 Å². The number of aliphatic carboxylic acids is 1. The number of hydrogen-bond donors (Lipinski definition) is 2. The van der Waals surface area contributed by atoms with Crippen molar-refractivity contribution in [3.8, 4) is 0 Å². The van der Waals surface area contributed by atoms with Gasteiger partial charge < -0.3 is 10.4 Å². The molecule has 106 valence electrons. The number of carboxylic acids is 1. The molecular formula is C15H18N2O2S. The molecule has 0 aliphatic heterocycles. The Bertz CT molecular complexity index is 593. The minimum atomic E-state index is -0.794. The van der Waals surface area contributed by atoms with Gasteiger partial charge in [0.1, 0.15) is 0 Å². The molecule has 2 N–H and O–H groups in total.